The van der Waals surface area contributed by atoms with E-state index >= 15 is 0 Å². The highest BCUT2D eigenvalue weighted by molar-refractivity contribution is 7.91. The Kier molecular flexibility index (Phi) is 8.23. The SMILES string of the molecule is COCS(=O)(=O)c1ccc(OC/C(=C/F)CCC(=O)OC(C)(C)C)cc1. The molecule has 0 N–H and O–H groups in total. The maximum absolute atomic E-state index is 13.0. The second kappa shape index (κ2) is 9.68. The van der Waals surface area contributed by atoms with Crippen molar-refractivity contribution in [2.75, 3.05) is 19.7 Å². The maximum Gasteiger partial charge on any atom is 0.306 e. The summed E-state index contributed by atoms with van der Waals surface area (Å²) >= 11 is 0. The predicted octanol–water partition coefficient (Wildman–Crippen LogP) is 3.42. The fraction of sp³-hybridized carbons (Fsp3) is 0.500. The molecule has 0 radical (unpaired) electrons. The van der Waals surface area contributed by atoms with Crippen molar-refractivity contribution in [2.24, 2.45) is 0 Å². The predicted molar refractivity (Wildman–Crippen MR) is 95.3 cm³/mol. The molecular formula is C18H25FO6S. The summed E-state index contributed by atoms with van der Waals surface area (Å²) in [6.07, 6.45) is 0.623. The largest absolute Gasteiger partial charge is 0.489 e. The lowest BCUT2D eigenvalue weighted by Crippen LogP contribution is -2.23. The zero-order valence-electron chi connectivity index (χ0n) is 15.5. The van der Waals surface area contributed by atoms with Crippen molar-refractivity contribution in [1.82, 2.24) is 0 Å². The summed E-state index contributed by atoms with van der Waals surface area (Å²) in [6.45, 7) is 5.23. The number of sulfone groups is 1. The summed E-state index contributed by atoms with van der Waals surface area (Å²) in [6, 6.07) is 5.74. The van der Waals surface area contributed by atoms with Crippen LogP contribution in [0.5, 0.6) is 5.75 Å². The van der Waals surface area contributed by atoms with Gasteiger partial charge in [0, 0.05) is 13.5 Å². The zero-order valence-corrected chi connectivity index (χ0v) is 16.3. The molecule has 0 heterocycles. The topological polar surface area (TPSA) is 78.9 Å². The Morgan fingerprint density at radius 1 is 1.15 bits per heavy atom. The minimum atomic E-state index is -3.50. The summed E-state index contributed by atoms with van der Waals surface area (Å²) < 4.78 is 51.9. The quantitative estimate of drug-likeness (QED) is 0.603. The summed E-state index contributed by atoms with van der Waals surface area (Å²) in [5.41, 5.74) is -0.287. The minimum absolute atomic E-state index is 0.0462. The van der Waals surface area contributed by atoms with Gasteiger partial charge in [-0.1, -0.05) is 0 Å². The van der Waals surface area contributed by atoms with E-state index in [0.29, 0.717) is 17.7 Å². The Morgan fingerprint density at radius 3 is 2.27 bits per heavy atom. The Balaban J connectivity index is 2.55. The van der Waals surface area contributed by atoms with E-state index < -0.39 is 27.3 Å². The van der Waals surface area contributed by atoms with E-state index in [4.69, 9.17) is 9.47 Å². The lowest BCUT2D eigenvalue weighted by atomic mass is 10.1. The molecule has 0 saturated carbocycles. The van der Waals surface area contributed by atoms with Crippen LogP contribution in [-0.2, 0) is 24.1 Å². The highest BCUT2D eigenvalue weighted by atomic mass is 32.2. The van der Waals surface area contributed by atoms with Crippen LogP contribution < -0.4 is 4.74 Å². The van der Waals surface area contributed by atoms with Crippen molar-refractivity contribution in [3.8, 4) is 5.75 Å². The van der Waals surface area contributed by atoms with Gasteiger partial charge < -0.3 is 14.2 Å². The monoisotopic (exact) mass is 388 g/mol. The number of ether oxygens (including phenoxy) is 3. The van der Waals surface area contributed by atoms with Crippen molar-refractivity contribution in [3.63, 3.8) is 0 Å². The molecule has 0 saturated heterocycles. The van der Waals surface area contributed by atoms with Gasteiger partial charge in [0.1, 0.15) is 18.0 Å². The van der Waals surface area contributed by atoms with Crippen LogP contribution in [0.15, 0.2) is 41.1 Å². The van der Waals surface area contributed by atoms with Gasteiger partial charge in [0.15, 0.2) is 5.94 Å². The van der Waals surface area contributed by atoms with Crippen molar-refractivity contribution >= 4 is 15.8 Å². The van der Waals surface area contributed by atoms with Gasteiger partial charge >= 0.3 is 5.97 Å². The van der Waals surface area contributed by atoms with E-state index in [-0.39, 0.29) is 24.3 Å². The molecule has 0 aliphatic rings. The van der Waals surface area contributed by atoms with E-state index in [0.717, 1.165) is 0 Å². The number of methoxy groups -OCH3 is 1. The molecule has 0 aliphatic carbocycles. The molecule has 0 spiro atoms. The Labute approximate surface area is 153 Å². The van der Waals surface area contributed by atoms with Gasteiger partial charge in [0.05, 0.1) is 11.2 Å². The van der Waals surface area contributed by atoms with Gasteiger partial charge in [-0.25, -0.2) is 12.8 Å². The van der Waals surface area contributed by atoms with E-state index in [1.165, 1.54) is 31.4 Å². The molecule has 1 aromatic rings. The van der Waals surface area contributed by atoms with Gasteiger partial charge in [-0.2, -0.15) is 0 Å². The summed E-state index contributed by atoms with van der Waals surface area (Å²) in [7, 11) is -2.19. The molecule has 8 heteroatoms. The molecule has 0 fully saturated rings. The average Bonchev–Trinajstić information content (AvgIpc) is 2.53. The fourth-order valence-corrected chi connectivity index (χ4v) is 2.95. The molecule has 0 atom stereocenters. The van der Waals surface area contributed by atoms with Gasteiger partial charge in [-0.05, 0) is 57.0 Å². The van der Waals surface area contributed by atoms with E-state index in [1.807, 2.05) is 0 Å². The van der Waals surface area contributed by atoms with Crippen molar-refractivity contribution in [2.45, 2.75) is 44.1 Å². The number of esters is 1. The number of carbonyl (C=O) groups is 1. The van der Waals surface area contributed by atoms with Crippen LogP contribution in [0, 0.1) is 0 Å². The summed E-state index contributed by atoms with van der Waals surface area (Å²) in [4.78, 5) is 11.8. The first-order valence-electron chi connectivity index (χ1n) is 8.02. The molecular weight excluding hydrogens is 363 g/mol. The van der Waals surface area contributed by atoms with E-state index in [9.17, 15) is 17.6 Å². The van der Waals surface area contributed by atoms with Crippen LogP contribution in [0.4, 0.5) is 4.39 Å². The van der Waals surface area contributed by atoms with E-state index in [2.05, 4.69) is 4.74 Å². The number of hydrogen-bond acceptors (Lipinski definition) is 6. The molecule has 146 valence electrons. The van der Waals surface area contributed by atoms with Crippen LogP contribution in [-0.4, -0.2) is 39.6 Å². The smallest absolute Gasteiger partial charge is 0.306 e. The minimum Gasteiger partial charge on any atom is -0.489 e. The second-order valence-electron chi connectivity index (χ2n) is 6.64. The lowest BCUT2D eigenvalue weighted by Gasteiger charge is -2.19. The molecule has 0 aromatic heterocycles. The second-order valence-corrected chi connectivity index (χ2v) is 8.57. The third-order valence-corrected chi connectivity index (χ3v) is 4.64. The molecule has 0 bridgehead atoms. The Morgan fingerprint density at radius 2 is 1.77 bits per heavy atom. The first-order valence-corrected chi connectivity index (χ1v) is 9.67. The Hall–Kier alpha value is -1.93. The van der Waals surface area contributed by atoms with Crippen molar-refractivity contribution in [3.05, 3.63) is 36.2 Å². The first-order chi connectivity index (χ1) is 12.1. The third-order valence-electron chi connectivity index (χ3n) is 3.10. The lowest BCUT2D eigenvalue weighted by molar-refractivity contribution is -0.154. The first kappa shape index (κ1) is 22.1. The molecule has 0 unspecified atom stereocenters. The van der Waals surface area contributed by atoms with Gasteiger partial charge in [0.25, 0.3) is 0 Å². The molecule has 1 rings (SSSR count). The number of halogens is 1. The van der Waals surface area contributed by atoms with Gasteiger partial charge in [-0.3, -0.25) is 4.79 Å². The Bertz CT molecular complexity index is 717. The molecule has 26 heavy (non-hydrogen) atoms. The number of benzene rings is 1. The molecule has 0 aliphatic heterocycles. The highest BCUT2D eigenvalue weighted by Crippen LogP contribution is 2.19. The van der Waals surface area contributed by atoms with Crippen LogP contribution in [0.2, 0.25) is 0 Å². The van der Waals surface area contributed by atoms with Crippen LogP contribution in [0.3, 0.4) is 0 Å². The standard InChI is InChI=1S/C18H25FO6S/c1-18(2,3)25-17(20)10-5-14(11-19)12-24-15-6-8-16(9-7-15)26(21,22)13-23-4/h6-9,11H,5,10,12-13H2,1-4H3/b14-11+. The third kappa shape index (κ3) is 7.97. The number of carbonyl (C=O) groups excluding carboxylic acids is 1. The van der Waals surface area contributed by atoms with Crippen LogP contribution in [0.1, 0.15) is 33.6 Å². The molecule has 0 amide bonds. The molecule has 6 nitrogen and oxygen atoms in total. The van der Waals surface area contributed by atoms with Gasteiger partial charge in [-0.15, -0.1) is 0 Å². The zero-order chi connectivity index (χ0) is 19.8. The van der Waals surface area contributed by atoms with E-state index in [1.54, 1.807) is 20.8 Å². The highest BCUT2D eigenvalue weighted by Gasteiger charge is 2.17. The number of hydrogen-bond donors (Lipinski definition) is 0. The van der Waals surface area contributed by atoms with Crippen LogP contribution >= 0.6 is 0 Å². The van der Waals surface area contributed by atoms with Crippen molar-refractivity contribution < 1.29 is 31.8 Å². The normalized spacial score (nSPS) is 12.7. The van der Waals surface area contributed by atoms with Crippen LogP contribution in [0.25, 0.3) is 0 Å². The average molecular weight is 388 g/mol. The maximum atomic E-state index is 13.0. The van der Waals surface area contributed by atoms with Gasteiger partial charge in [0.2, 0.25) is 9.84 Å². The summed E-state index contributed by atoms with van der Waals surface area (Å²) in [5, 5.41) is 0. The molecule has 1 aromatic carbocycles. The summed E-state index contributed by atoms with van der Waals surface area (Å²) in [5.74, 6) is -0.436. The van der Waals surface area contributed by atoms with Crippen molar-refractivity contribution in [1.29, 1.82) is 0 Å². The number of rotatable bonds is 9. The fourth-order valence-electron chi connectivity index (χ4n) is 1.96.